The number of aromatic nitrogens is 2. The van der Waals surface area contributed by atoms with Gasteiger partial charge < -0.3 is 0 Å². The first-order chi connectivity index (χ1) is 14.5. The van der Waals surface area contributed by atoms with Crippen LogP contribution in [0.4, 0.5) is 0 Å². The molecule has 0 aliphatic carbocycles. The Morgan fingerprint density at radius 1 is 0.767 bits per heavy atom. The molecule has 2 amide bonds. The number of benzene rings is 3. The van der Waals surface area contributed by atoms with E-state index in [0.29, 0.717) is 22.0 Å². The molecule has 4 aromatic rings. The van der Waals surface area contributed by atoms with Crippen LogP contribution in [0.3, 0.4) is 0 Å². The summed E-state index contributed by atoms with van der Waals surface area (Å²) in [5.74, 6) is -1.08. The summed E-state index contributed by atoms with van der Waals surface area (Å²) in [5, 5.41) is 5.03. The fourth-order valence-electron chi connectivity index (χ4n) is 3.05. The second kappa shape index (κ2) is 8.00. The lowest BCUT2D eigenvalue weighted by atomic mass is 10.1. The molecule has 0 spiro atoms. The Balaban J connectivity index is 1.68. The predicted molar refractivity (Wildman–Crippen MR) is 113 cm³/mol. The molecule has 7 heteroatoms. The molecule has 0 radical (unpaired) electrons. The third kappa shape index (κ3) is 3.68. The summed E-state index contributed by atoms with van der Waals surface area (Å²) in [4.78, 5) is 38.0. The fraction of sp³-hybridized carbons (Fsp3) is 0.0435. The minimum Gasteiger partial charge on any atom is -0.267 e. The van der Waals surface area contributed by atoms with Gasteiger partial charge in [-0.3, -0.25) is 25.2 Å². The Hall–Kier alpha value is -4.26. The second-order valence-electron chi connectivity index (χ2n) is 6.72. The Bertz CT molecular complexity index is 1300. The number of para-hydroxylation sites is 1. The van der Waals surface area contributed by atoms with E-state index in [1.54, 1.807) is 60.7 Å². The first kappa shape index (κ1) is 19.1. The molecule has 0 unspecified atom stereocenters. The fourth-order valence-corrected chi connectivity index (χ4v) is 3.05. The van der Waals surface area contributed by atoms with Crippen LogP contribution in [0.1, 0.15) is 26.4 Å². The second-order valence-corrected chi connectivity index (χ2v) is 6.72. The number of fused-ring (bicyclic) bond motifs is 1. The summed E-state index contributed by atoms with van der Waals surface area (Å²) in [7, 11) is 0. The van der Waals surface area contributed by atoms with E-state index in [1.807, 2.05) is 25.1 Å². The van der Waals surface area contributed by atoms with Gasteiger partial charge >= 0.3 is 0 Å². The van der Waals surface area contributed by atoms with Crippen LogP contribution >= 0.6 is 0 Å². The molecule has 2 N–H and O–H groups in total. The molecule has 0 atom stereocenters. The predicted octanol–water partition coefficient (Wildman–Crippen LogP) is 2.77. The molecule has 148 valence electrons. The number of carbonyl (C=O) groups is 2. The van der Waals surface area contributed by atoms with Crippen LogP contribution in [-0.4, -0.2) is 21.6 Å². The highest BCUT2D eigenvalue weighted by Crippen LogP contribution is 2.15. The molecule has 0 saturated carbocycles. The van der Waals surface area contributed by atoms with E-state index in [4.69, 9.17) is 0 Å². The molecule has 3 aromatic carbocycles. The minimum atomic E-state index is -0.628. The topological polar surface area (TPSA) is 93.1 Å². The normalized spacial score (nSPS) is 10.6. The van der Waals surface area contributed by atoms with Gasteiger partial charge in [-0.05, 0) is 37.3 Å². The molecule has 0 saturated heterocycles. The Labute approximate surface area is 171 Å². The molecule has 1 aromatic heterocycles. The highest BCUT2D eigenvalue weighted by atomic mass is 16.2. The third-order valence-electron chi connectivity index (χ3n) is 4.62. The van der Waals surface area contributed by atoms with Gasteiger partial charge in [-0.25, -0.2) is 0 Å². The van der Waals surface area contributed by atoms with Crippen molar-refractivity contribution in [3.63, 3.8) is 0 Å². The van der Waals surface area contributed by atoms with Crippen LogP contribution in [-0.2, 0) is 0 Å². The van der Waals surface area contributed by atoms with Crippen molar-refractivity contribution >= 4 is 22.6 Å². The molecule has 1 heterocycles. The molecule has 0 aliphatic rings. The first-order valence-corrected chi connectivity index (χ1v) is 9.29. The van der Waals surface area contributed by atoms with E-state index in [0.717, 1.165) is 5.56 Å². The van der Waals surface area contributed by atoms with Crippen molar-refractivity contribution in [2.45, 2.75) is 6.92 Å². The number of nitrogens with zero attached hydrogens (tertiary/aromatic N) is 2. The monoisotopic (exact) mass is 398 g/mol. The summed E-state index contributed by atoms with van der Waals surface area (Å²) in [5.41, 5.74) is 6.43. The quantitative estimate of drug-likeness (QED) is 0.519. The van der Waals surface area contributed by atoms with Crippen molar-refractivity contribution in [2.75, 3.05) is 0 Å². The maximum Gasteiger partial charge on any atom is 0.290 e. The van der Waals surface area contributed by atoms with E-state index in [-0.39, 0.29) is 11.3 Å². The number of amides is 2. The molecule has 30 heavy (non-hydrogen) atoms. The van der Waals surface area contributed by atoms with Gasteiger partial charge in [0, 0.05) is 10.9 Å². The van der Waals surface area contributed by atoms with Gasteiger partial charge in [0.2, 0.25) is 0 Å². The van der Waals surface area contributed by atoms with Crippen LogP contribution < -0.4 is 16.4 Å². The third-order valence-corrected chi connectivity index (χ3v) is 4.62. The lowest BCUT2D eigenvalue weighted by molar-refractivity contribution is 0.0844. The number of hydrogen-bond acceptors (Lipinski definition) is 4. The summed E-state index contributed by atoms with van der Waals surface area (Å²) in [6, 6.07) is 22.5. The molecule has 7 nitrogen and oxygen atoms in total. The van der Waals surface area contributed by atoms with Crippen molar-refractivity contribution in [3.8, 4) is 5.69 Å². The minimum absolute atomic E-state index is 0.0262. The van der Waals surface area contributed by atoms with E-state index < -0.39 is 11.8 Å². The van der Waals surface area contributed by atoms with Crippen LogP contribution in [0.25, 0.3) is 16.5 Å². The summed E-state index contributed by atoms with van der Waals surface area (Å²) < 4.78 is 1.18. The average molecular weight is 398 g/mol. The number of nitrogens with one attached hydrogen (secondary N) is 2. The van der Waals surface area contributed by atoms with Crippen LogP contribution in [0, 0.1) is 6.92 Å². The number of rotatable bonds is 3. The van der Waals surface area contributed by atoms with Crippen molar-refractivity contribution in [2.24, 2.45) is 0 Å². The number of hydrogen-bond donors (Lipinski definition) is 2. The standard InChI is InChI=1S/C23H18N4O3/c1-15-11-13-16(14-12-15)21(28)24-25-22(29)20-18-9-5-6-10-19(18)23(30)27(26-20)17-7-3-2-4-8-17/h2-14H,1H3,(H,24,28)(H,25,29). The number of carbonyl (C=O) groups excluding carboxylic acids is 2. The largest absolute Gasteiger partial charge is 0.290 e. The lowest BCUT2D eigenvalue weighted by Gasteiger charge is -2.12. The molecular formula is C23H18N4O3. The SMILES string of the molecule is Cc1ccc(C(=O)NNC(=O)c2nn(-c3ccccc3)c(=O)c3ccccc23)cc1. The van der Waals surface area contributed by atoms with E-state index >= 15 is 0 Å². The highest BCUT2D eigenvalue weighted by molar-refractivity contribution is 6.06. The summed E-state index contributed by atoms with van der Waals surface area (Å²) in [6.45, 7) is 1.92. The smallest absolute Gasteiger partial charge is 0.267 e. The van der Waals surface area contributed by atoms with Gasteiger partial charge in [0.15, 0.2) is 5.69 Å². The number of aryl methyl sites for hydroxylation is 1. The number of hydrazine groups is 1. The molecule has 0 bridgehead atoms. The Morgan fingerprint density at radius 2 is 1.37 bits per heavy atom. The van der Waals surface area contributed by atoms with Crippen molar-refractivity contribution < 1.29 is 9.59 Å². The molecule has 4 rings (SSSR count). The van der Waals surface area contributed by atoms with Crippen LogP contribution in [0.5, 0.6) is 0 Å². The zero-order valence-corrected chi connectivity index (χ0v) is 16.1. The Kier molecular flexibility index (Phi) is 5.09. The molecule has 0 fully saturated rings. The lowest BCUT2D eigenvalue weighted by Crippen LogP contribution is -2.42. The van der Waals surface area contributed by atoms with E-state index in [2.05, 4.69) is 16.0 Å². The van der Waals surface area contributed by atoms with Gasteiger partial charge in [0.25, 0.3) is 17.4 Å². The first-order valence-electron chi connectivity index (χ1n) is 9.29. The highest BCUT2D eigenvalue weighted by Gasteiger charge is 2.18. The van der Waals surface area contributed by atoms with E-state index in [9.17, 15) is 14.4 Å². The maximum absolute atomic E-state index is 12.9. The van der Waals surface area contributed by atoms with Gasteiger partial charge in [-0.1, -0.05) is 54.1 Å². The van der Waals surface area contributed by atoms with Gasteiger partial charge in [-0.15, -0.1) is 0 Å². The van der Waals surface area contributed by atoms with Crippen LogP contribution in [0.15, 0.2) is 83.7 Å². The summed E-state index contributed by atoms with van der Waals surface area (Å²) in [6.07, 6.45) is 0. The van der Waals surface area contributed by atoms with Gasteiger partial charge in [-0.2, -0.15) is 9.78 Å². The van der Waals surface area contributed by atoms with Crippen LogP contribution in [0.2, 0.25) is 0 Å². The maximum atomic E-state index is 12.9. The van der Waals surface area contributed by atoms with E-state index in [1.165, 1.54) is 4.68 Å². The van der Waals surface area contributed by atoms with Crippen molar-refractivity contribution in [3.05, 3.63) is 106 Å². The summed E-state index contributed by atoms with van der Waals surface area (Å²) >= 11 is 0. The van der Waals surface area contributed by atoms with Gasteiger partial charge in [0.1, 0.15) is 0 Å². The molecular weight excluding hydrogens is 380 g/mol. The average Bonchev–Trinajstić information content (AvgIpc) is 2.79. The Morgan fingerprint density at radius 3 is 2.07 bits per heavy atom. The zero-order valence-electron chi connectivity index (χ0n) is 16.1. The molecule has 0 aliphatic heterocycles. The zero-order chi connectivity index (χ0) is 21.1. The van der Waals surface area contributed by atoms with Crippen molar-refractivity contribution in [1.29, 1.82) is 0 Å². The van der Waals surface area contributed by atoms with Gasteiger partial charge in [0.05, 0.1) is 11.1 Å². The van der Waals surface area contributed by atoms with Crippen molar-refractivity contribution in [1.82, 2.24) is 20.6 Å².